The summed E-state index contributed by atoms with van der Waals surface area (Å²) in [7, 11) is 0. The molecule has 0 saturated heterocycles. The van der Waals surface area contributed by atoms with Gasteiger partial charge < -0.3 is 4.98 Å². The largest absolute Gasteiger partial charge is 0.354 e. The van der Waals surface area contributed by atoms with Crippen molar-refractivity contribution in [2.75, 3.05) is 0 Å². The predicted octanol–water partition coefficient (Wildman–Crippen LogP) is 8.65. The molecule has 0 atom stereocenters. The number of halogens is 1. The van der Waals surface area contributed by atoms with E-state index in [2.05, 4.69) is 112 Å². The highest BCUT2D eigenvalue weighted by Gasteiger charge is 2.15. The molecule has 0 aliphatic rings. The van der Waals surface area contributed by atoms with Gasteiger partial charge in [-0.25, -0.2) is 0 Å². The quantitative estimate of drug-likeness (QED) is 0.243. The average molecular weight is 446 g/mol. The van der Waals surface area contributed by atoms with Crippen molar-refractivity contribution in [3.05, 3.63) is 95.5 Å². The molecule has 1 N–H and O–H groups in total. The van der Waals surface area contributed by atoms with Gasteiger partial charge in [0, 0.05) is 26.3 Å². The first-order valence-corrected chi connectivity index (χ1v) is 10.9. The zero-order valence-corrected chi connectivity index (χ0v) is 17.6. The van der Waals surface area contributed by atoms with Gasteiger partial charge in [0.05, 0.1) is 0 Å². The number of hydrogen-bond acceptors (Lipinski definition) is 0. The van der Waals surface area contributed by atoms with Crippen molar-refractivity contribution in [3.8, 4) is 11.1 Å². The summed E-state index contributed by atoms with van der Waals surface area (Å²) in [6, 6.07) is 33.0. The van der Waals surface area contributed by atoms with E-state index in [1.54, 1.807) is 0 Å². The summed E-state index contributed by atoms with van der Waals surface area (Å²) in [5, 5.41) is 10.4. The Morgan fingerprint density at radius 2 is 1.23 bits per heavy atom. The van der Waals surface area contributed by atoms with Gasteiger partial charge in [-0.15, -0.1) is 0 Å². The molecule has 0 fully saturated rings. The normalized spacial score (nSPS) is 12.2. The fraction of sp³-hybridized carbons (Fsp3) is 0. The van der Waals surface area contributed by atoms with Gasteiger partial charge >= 0.3 is 0 Å². The van der Waals surface area contributed by atoms with Crippen LogP contribution in [-0.2, 0) is 0 Å². The Bertz CT molecular complexity index is 1740. The lowest BCUT2D eigenvalue weighted by atomic mass is 9.92. The predicted molar refractivity (Wildman–Crippen MR) is 133 cm³/mol. The molecule has 0 bridgehead atoms. The Kier molecular flexibility index (Phi) is 3.20. The summed E-state index contributed by atoms with van der Waals surface area (Å²) in [5.74, 6) is 0. The number of rotatable bonds is 1. The lowest BCUT2D eigenvalue weighted by Gasteiger charge is -2.12. The SMILES string of the molecule is Brc1ccc2ccc3c4c(cc5ccc1c2c53)[nH]c1cc(-c2ccccc2)ccc14. The van der Waals surface area contributed by atoms with Crippen molar-refractivity contribution in [2.45, 2.75) is 0 Å². The second-order valence-electron chi connectivity index (χ2n) is 8.02. The highest BCUT2D eigenvalue weighted by Crippen LogP contribution is 2.42. The summed E-state index contributed by atoms with van der Waals surface area (Å²) in [5.41, 5.74) is 4.85. The van der Waals surface area contributed by atoms with Crippen LogP contribution in [0.1, 0.15) is 0 Å². The lowest BCUT2D eigenvalue weighted by molar-refractivity contribution is 1.55. The molecule has 0 amide bonds. The topological polar surface area (TPSA) is 15.8 Å². The van der Waals surface area contributed by atoms with Crippen molar-refractivity contribution in [1.29, 1.82) is 0 Å². The number of benzene rings is 6. The number of H-pyrrole nitrogens is 1. The number of aromatic amines is 1. The van der Waals surface area contributed by atoms with E-state index in [4.69, 9.17) is 0 Å². The fourth-order valence-corrected chi connectivity index (χ4v) is 5.51. The molecule has 0 saturated carbocycles. The van der Waals surface area contributed by atoms with E-state index in [9.17, 15) is 0 Å². The Balaban J connectivity index is 1.64. The Labute approximate surface area is 181 Å². The molecule has 6 aromatic carbocycles. The summed E-state index contributed by atoms with van der Waals surface area (Å²) < 4.78 is 1.15. The summed E-state index contributed by atoms with van der Waals surface area (Å²) in [6.45, 7) is 0. The van der Waals surface area contributed by atoms with Crippen molar-refractivity contribution in [2.24, 2.45) is 0 Å². The lowest BCUT2D eigenvalue weighted by Crippen LogP contribution is -1.85. The third kappa shape index (κ3) is 2.12. The minimum atomic E-state index is 1.15. The van der Waals surface area contributed by atoms with Crippen molar-refractivity contribution in [3.63, 3.8) is 0 Å². The maximum atomic E-state index is 3.75. The molecule has 0 aliphatic carbocycles. The standard InChI is InChI=1S/C28H16BrN/c29-23-13-9-17-6-12-22-27-19(8-10-20(23)26(17)27)15-25-28(22)21-11-7-18(14-24(21)30-25)16-4-2-1-3-5-16/h1-15,30H. The van der Waals surface area contributed by atoms with Crippen molar-refractivity contribution in [1.82, 2.24) is 4.98 Å². The van der Waals surface area contributed by atoms with E-state index in [0.717, 1.165) is 4.47 Å². The van der Waals surface area contributed by atoms with E-state index in [-0.39, 0.29) is 0 Å². The van der Waals surface area contributed by atoms with Crippen LogP contribution < -0.4 is 0 Å². The molecule has 1 aromatic heterocycles. The molecule has 0 spiro atoms. The number of fused-ring (bicyclic) bond motifs is 4. The molecule has 7 rings (SSSR count). The van der Waals surface area contributed by atoms with Gasteiger partial charge in [-0.2, -0.15) is 0 Å². The third-order valence-electron chi connectivity index (χ3n) is 6.40. The minimum Gasteiger partial charge on any atom is -0.354 e. The summed E-state index contributed by atoms with van der Waals surface area (Å²) in [6.07, 6.45) is 0. The molecule has 140 valence electrons. The second-order valence-corrected chi connectivity index (χ2v) is 8.87. The van der Waals surface area contributed by atoms with Gasteiger partial charge in [-0.3, -0.25) is 0 Å². The molecule has 1 nitrogen and oxygen atoms in total. The van der Waals surface area contributed by atoms with Crippen LogP contribution in [0.3, 0.4) is 0 Å². The van der Waals surface area contributed by atoms with Gasteiger partial charge in [-0.05, 0) is 61.6 Å². The first-order valence-electron chi connectivity index (χ1n) is 10.1. The maximum absolute atomic E-state index is 3.75. The summed E-state index contributed by atoms with van der Waals surface area (Å²) >= 11 is 3.75. The Morgan fingerprint density at radius 1 is 0.500 bits per heavy atom. The average Bonchev–Trinajstić information content (AvgIpc) is 3.16. The monoisotopic (exact) mass is 445 g/mol. The minimum absolute atomic E-state index is 1.15. The molecular formula is C28H16BrN. The van der Waals surface area contributed by atoms with E-state index >= 15 is 0 Å². The molecule has 0 aliphatic heterocycles. The van der Waals surface area contributed by atoms with Gasteiger partial charge in [0.2, 0.25) is 0 Å². The molecule has 0 unspecified atom stereocenters. The highest BCUT2D eigenvalue weighted by molar-refractivity contribution is 9.10. The van der Waals surface area contributed by atoms with Crippen LogP contribution in [-0.4, -0.2) is 4.98 Å². The van der Waals surface area contributed by atoms with E-state index in [1.807, 2.05) is 0 Å². The van der Waals surface area contributed by atoms with E-state index in [0.29, 0.717) is 0 Å². The Hall–Kier alpha value is -3.36. The smallest absolute Gasteiger partial charge is 0.0477 e. The molecule has 2 heteroatoms. The zero-order chi connectivity index (χ0) is 19.8. The fourth-order valence-electron chi connectivity index (χ4n) is 5.05. The van der Waals surface area contributed by atoms with Crippen LogP contribution >= 0.6 is 15.9 Å². The van der Waals surface area contributed by atoms with Crippen LogP contribution in [0.15, 0.2) is 95.5 Å². The van der Waals surface area contributed by atoms with E-state index < -0.39 is 0 Å². The van der Waals surface area contributed by atoms with Crippen molar-refractivity contribution < 1.29 is 0 Å². The molecular weight excluding hydrogens is 430 g/mol. The van der Waals surface area contributed by atoms with Gasteiger partial charge in [0.25, 0.3) is 0 Å². The van der Waals surface area contributed by atoms with Crippen LogP contribution in [0.2, 0.25) is 0 Å². The maximum Gasteiger partial charge on any atom is 0.0477 e. The Morgan fingerprint density at radius 3 is 2.13 bits per heavy atom. The number of nitrogens with one attached hydrogen (secondary N) is 1. The van der Waals surface area contributed by atoms with Crippen LogP contribution in [0.5, 0.6) is 0 Å². The van der Waals surface area contributed by atoms with Crippen LogP contribution in [0, 0.1) is 0 Å². The molecule has 0 radical (unpaired) electrons. The van der Waals surface area contributed by atoms with Crippen LogP contribution in [0.4, 0.5) is 0 Å². The van der Waals surface area contributed by atoms with Crippen molar-refractivity contribution >= 4 is 70.1 Å². The van der Waals surface area contributed by atoms with Gasteiger partial charge in [0.1, 0.15) is 0 Å². The zero-order valence-electron chi connectivity index (χ0n) is 16.0. The van der Waals surface area contributed by atoms with Crippen LogP contribution in [0.25, 0.3) is 65.3 Å². The van der Waals surface area contributed by atoms with Gasteiger partial charge in [-0.1, -0.05) is 88.7 Å². The second kappa shape index (κ2) is 5.84. The molecule has 1 heterocycles. The summed E-state index contributed by atoms with van der Waals surface area (Å²) in [4.78, 5) is 3.69. The first kappa shape index (κ1) is 16.4. The van der Waals surface area contributed by atoms with E-state index in [1.165, 1.54) is 65.3 Å². The van der Waals surface area contributed by atoms with Gasteiger partial charge in [0.15, 0.2) is 0 Å². The first-order chi connectivity index (χ1) is 14.8. The molecule has 7 aromatic rings. The third-order valence-corrected chi connectivity index (χ3v) is 7.09. The molecule has 30 heavy (non-hydrogen) atoms. The highest BCUT2D eigenvalue weighted by atomic mass is 79.9. The number of hydrogen-bond donors (Lipinski definition) is 1. The number of aromatic nitrogens is 1.